The lowest BCUT2D eigenvalue weighted by Crippen LogP contribution is -1.85. The smallest absolute Gasteiger partial charge is 0.214 e. The highest BCUT2D eigenvalue weighted by molar-refractivity contribution is 4.37. The standard InChI is InChI=1S/C4H10N3O/c5-7-6-3-1-2-4-8/h5,8H,1-4H2/q+1. The average Bonchev–Trinajstić information content (AvgIpc) is 1.81. The number of hydrogen-bond acceptors (Lipinski definition) is 3. The van der Waals surface area contributed by atoms with E-state index in [0.717, 1.165) is 12.8 Å². The van der Waals surface area contributed by atoms with Crippen LogP contribution in [0.4, 0.5) is 0 Å². The number of hydrogen-bond donors (Lipinski definition) is 2. The lowest BCUT2D eigenvalue weighted by molar-refractivity contribution is 0.285. The van der Waals surface area contributed by atoms with Crippen LogP contribution in [0.1, 0.15) is 12.8 Å². The molecule has 0 heterocycles. The second kappa shape index (κ2) is 6.27. The van der Waals surface area contributed by atoms with Gasteiger partial charge in [0.15, 0.2) is 0 Å². The Hall–Kier alpha value is -0.730. The summed E-state index contributed by atoms with van der Waals surface area (Å²) in [5.41, 5.74) is 6.23. The molecule has 8 heavy (non-hydrogen) atoms. The largest absolute Gasteiger partial charge is 0.396 e. The van der Waals surface area contributed by atoms with Crippen LogP contribution in [0.15, 0.2) is 5.11 Å². The van der Waals surface area contributed by atoms with Gasteiger partial charge in [-0.15, -0.1) is 0 Å². The van der Waals surface area contributed by atoms with Gasteiger partial charge in [-0.2, -0.15) is 0 Å². The molecule has 0 atom stereocenters. The molecule has 0 aromatic heterocycles. The minimum atomic E-state index is 0.202. The lowest BCUT2D eigenvalue weighted by atomic mass is 10.3. The Balaban J connectivity index is 2.82. The number of unbranched alkanes of at least 4 members (excludes halogenated alkanes) is 1. The molecule has 0 saturated carbocycles. The number of aliphatic hydroxyl groups excluding tert-OH is 1. The maximum absolute atomic E-state index is 8.25. The minimum Gasteiger partial charge on any atom is -0.396 e. The SMILES string of the molecule is N=[N+]=NCCCCO. The lowest BCUT2D eigenvalue weighted by Gasteiger charge is -1.83. The number of aliphatic hydroxyl groups is 1. The molecule has 4 nitrogen and oxygen atoms in total. The van der Waals surface area contributed by atoms with Gasteiger partial charge in [0.2, 0.25) is 4.91 Å². The molecule has 0 radical (unpaired) electrons. The van der Waals surface area contributed by atoms with Crippen LogP contribution in [0.3, 0.4) is 0 Å². The van der Waals surface area contributed by atoms with Crippen molar-refractivity contribution in [3.8, 4) is 0 Å². The zero-order valence-corrected chi connectivity index (χ0v) is 4.67. The van der Waals surface area contributed by atoms with Crippen molar-refractivity contribution in [1.82, 2.24) is 4.91 Å². The van der Waals surface area contributed by atoms with E-state index in [0.29, 0.717) is 6.54 Å². The molecule has 46 valence electrons. The van der Waals surface area contributed by atoms with E-state index < -0.39 is 0 Å². The summed E-state index contributed by atoms with van der Waals surface area (Å²) >= 11 is 0. The quantitative estimate of drug-likeness (QED) is 0.309. The molecule has 0 amide bonds. The van der Waals surface area contributed by atoms with Gasteiger partial charge >= 0.3 is 0 Å². The summed E-state index contributed by atoms with van der Waals surface area (Å²) in [6.45, 7) is 0.761. The first-order valence-corrected chi connectivity index (χ1v) is 2.56. The van der Waals surface area contributed by atoms with Crippen molar-refractivity contribution in [3.63, 3.8) is 0 Å². The highest BCUT2D eigenvalue weighted by atomic mass is 16.2. The normalized spacial score (nSPS) is 8.12. The van der Waals surface area contributed by atoms with Gasteiger partial charge in [0.25, 0.3) is 0 Å². The summed E-state index contributed by atoms with van der Waals surface area (Å²) in [7, 11) is 0. The van der Waals surface area contributed by atoms with Crippen LogP contribution in [0.2, 0.25) is 0 Å². The van der Waals surface area contributed by atoms with Crippen LogP contribution in [0.5, 0.6) is 0 Å². The van der Waals surface area contributed by atoms with Gasteiger partial charge in [0.05, 0.1) is 0 Å². The Bertz CT molecular complexity index is 87.3. The monoisotopic (exact) mass is 116 g/mol. The van der Waals surface area contributed by atoms with Gasteiger partial charge in [-0.25, -0.2) is 0 Å². The Morgan fingerprint density at radius 1 is 1.50 bits per heavy atom. The summed E-state index contributed by atoms with van der Waals surface area (Å²) in [6, 6.07) is 0. The van der Waals surface area contributed by atoms with Crippen molar-refractivity contribution in [2.75, 3.05) is 13.2 Å². The van der Waals surface area contributed by atoms with E-state index in [-0.39, 0.29) is 6.61 Å². The van der Waals surface area contributed by atoms with Crippen molar-refractivity contribution in [3.05, 3.63) is 0 Å². The Morgan fingerprint density at radius 2 is 2.25 bits per heavy atom. The van der Waals surface area contributed by atoms with Gasteiger partial charge in [-0.05, 0) is 12.8 Å². The van der Waals surface area contributed by atoms with E-state index >= 15 is 0 Å². The third kappa shape index (κ3) is 5.27. The zero-order valence-electron chi connectivity index (χ0n) is 4.67. The predicted octanol–water partition coefficient (Wildman–Crippen LogP) is 0.309. The second-order valence-corrected chi connectivity index (χ2v) is 1.40. The van der Waals surface area contributed by atoms with Crippen molar-refractivity contribution >= 4 is 0 Å². The van der Waals surface area contributed by atoms with Crippen LogP contribution in [0, 0.1) is 5.53 Å². The molecule has 0 aliphatic rings. The molecule has 0 aromatic rings. The van der Waals surface area contributed by atoms with E-state index in [2.05, 4.69) is 10.0 Å². The highest BCUT2D eigenvalue weighted by Gasteiger charge is 1.86. The van der Waals surface area contributed by atoms with Crippen molar-refractivity contribution < 1.29 is 5.11 Å². The number of rotatable bonds is 4. The van der Waals surface area contributed by atoms with Crippen LogP contribution in [-0.2, 0) is 0 Å². The summed E-state index contributed by atoms with van der Waals surface area (Å²) in [6.07, 6.45) is 1.57. The molecule has 0 bridgehead atoms. The third-order valence-electron chi connectivity index (χ3n) is 0.737. The van der Waals surface area contributed by atoms with E-state index in [1.54, 1.807) is 0 Å². The first kappa shape index (κ1) is 7.27. The van der Waals surface area contributed by atoms with Gasteiger partial charge in [-0.1, -0.05) is 0 Å². The molecule has 0 aliphatic heterocycles. The fraction of sp³-hybridized carbons (Fsp3) is 1.00. The molecule has 0 fully saturated rings. The highest BCUT2D eigenvalue weighted by Crippen LogP contribution is 1.84. The van der Waals surface area contributed by atoms with E-state index in [1.165, 1.54) is 0 Å². The third-order valence-corrected chi connectivity index (χ3v) is 0.737. The molecular weight excluding hydrogens is 106 g/mol. The summed E-state index contributed by atoms with van der Waals surface area (Å²) in [5.74, 6) is 0. The molecule has 0 aliphatic carbocycles. The van der Waals surface area contributed by atoms with Crippen LogP contribution >= 0.6 is 0 Å². The summed E-state index contributed by atoms with van der Waals surface area (Å²) < 4.78 is 0. The minimum absolute atomic E-state index is 0.202. The first-order chi connectivity index (χ1) is 3.91. The Kier molecular flexibility index (Phi) is 5.70. The van der Waals surface area contributed by atoms with E-state index in [9.17, 15) is 0 Å². The maximum atomic E-state index is 8.25. The fourth-order valence-electron chi connectivity index (χ4n) is 0.344. The van der Waals surface area contributed by atoms with Gasteiger partial charge in [0, 0.05) is 6.61 Å². The topological polar surface area (TPSA) is 70.5 Å². The van der Waals surface area contributed by atoms with Crippen molar-refractivity contribution in [2.45, 2.75) is 12.8 Å². The maximum Gasteiger partial charge on any atom is 0.214 e. The van der Waals surface area contributed by atoms with Gasteiger partial charge in [-0.3, -0.25) is 0 Å². The van der Waals surface area contributed by atoms with E-state index in [4.69, 9.17) is 10.6 Å². The molecule has 0 rings (SSSR count). The fourth-order valence-corrected chi connectivity index (χ4v) is 0.344. The second-order valence-electron chi connectivity index (χ2n) is 1.40. The van der Waals surface area contributed by atoms with Crippen molar-refractivity contribution in [2.24, 2.45) is 5.11 Å². The summed E-state index contributed by atoms with van der Waals surface area (Å²) in [5, 5.41) is 11.6. The molecule has 0 saturated heterocycles. The summed E-state index contributed by atoms with van der Waals surface area (Å²) in [4.78, 5) is 2.80. The van der Waals surface area contributed by atoms with Crippen molar-refractivity contribution in [1.29, 1.82) is 5.53 Å². The molecule has 4 heteroatoms. The number of nitrogens with zero attached hydrogens (tertiary/aromatic N) is 2. The molecule has 0 unspecified atom stereocenters. The van der Waals surface area contributed by atoms with Crippen LogP contribution < -0.4 is 4.91 Å². The van der Waals surface area contributed by atoms with Crippen LogP contribution in [-0.4, -0.2) is 18.3 Å². The first-order valence-electron chi connectivity index (χ1n) is 2.56. The van der Waals surface area contributed by atoms with E-state index in [1.807, 2.05) is 0 Å². The molecular formula is C4H10N3O+. The molecule has 0 spiro atoms. The molecule has 2 N–H and O–H groups in total. The average molecular weight is 116 g/mol. The Labute approximate surface area is 47.8 Å². The van der Waals surface area contributed by atoms with Gasteiger partial charge in [0.1, 0.15) is 17.2 Å². The predicted molar refractivity (Wildman–Crippen MR) is 28.5 cm³/mol. The van der Waals surface area contributed by atoms with Gasteiger partial charge < -0.3 is 5.11 Å². The van der Waals surface area contributed by atoms with Crippen LogP contribution in [0.25, 0.3) is 0 Å². The zero-order chi connectivity index (χ0) is 6.24. The number of nitrogens with one attached hydrogen (secondary N) is 1. The molecule has 0 aromatic carbocycles. The Morgan fingerprint density at radius 3 is 2.75 bits per heavy atom.